The zero-order valence-corrected chi connectivity index (χ0v) is 21.5. The van der Waals surface area contributed by atoms with Crippen LogP contribution in [-0.4, -0.2) is 54.6 Å². The Morgan fingerprint density at radius 2 is 1.67 bits per heavy atom. The average Bonchev–Trinajstić information content (AvgIpc) is 2.91. The summed E-state index contributed by atoms with van der Waals surface area (Å²) in [6.45, 7) is 0.681. The number of hydrogen-bond donors (Lipinski definition) is 1. The standard InChI is InChI=1S/C27H28N2O6S/c1-32-21-15-19(16-22(33-2)24(21)34-3)35-13-14-36(4)25-23(30)20-11-8-12-28-26(20)29(27(25)31)17-18-9-6-5-7-10-18/h5-12,15-16H,13-14,17H2,1-4H3/p+1. The normalized spacial score (nSPS) is 11.8. The molecule has 0 bridgehead atoms. The van der Waals surface area contributed by atoms with Crippen molar-refractivity contribution in [3.05, 3.63) is 76.7 Å². The van der Waals surface area contributed by atoms with Gasteiger partial charge in [-0.1, -0.05) is 30.3 Å². The number of rotatable bonds is 10. The van der Waals surface area contributed by atoms with Crippen molar-refractivity contribution in [1.29, 1.82) is 0 Å². The lowest BCUT2D eigenvalue weighted by Crippen LogP contribution is -2.29. The molecule has 2 aromatic carbocycles. The van der Waals surface area contributed by atoms with E-state index in [1.165, 1.54) is 0 Å². The lowest BCUT2D eigenvalue weighted by atomic mass is 10.2. The predicted octanol–water partition coefficient (Wildman–Crippen LogP) is 3.86. The fourth-order valence-electron chi connectivity index (χ4n) is 3.99. The minimum Gasteiger partial charge on any atom is -0.503 e. The molecule has 4 aromatic rings. The third kappa shape index (κ3) is 5.06. The van der Waals surface area contributed by atoms with Gasteiger partial charge in [0.15, 0.2) is 17.2 Å². The fraction of sp³-hybridized carbons (Fsp3) is 0.259. The van der Waals surface area contributed by atoms with Crippen molar-refractivity contribution in [1.82, 2.24) is 9.55 Å². The Bertz CT molecular complexity index is 1380. The third-order valence-corrected chi connectivity index (χ3v) is 7.62. The molecule has 0 saturated heterocycles. The minimum atomic E-state index is -0.598. The van der Waals surface area contributed by atoms with Gasteiger partial charge in [-0.25, -0.2) is 4.98 Å². The van der Waals surface area contributed by atoms with E-state index >= 15 is 0 Å². The highest BCUT2D eigenvalue weighted by atomic mass is 32.2. The second-order valence-corrected chi connectivity index (χ2v) is 10.1. The molecular weight excluding hydrogens is 480 g/mol. The first-order valence-corrected chi connectivity index (χ1v) is 13.1. The number of benzene rings is 2. The Hall–Kier alpha value is -3.85. The molecule has 0 amide bonds. The number of aromatic hydroxyl groups is 1. The van der Waals surface area contributed by atoms with Crippen molar-refractivity contribution in [3.63, 3.8) is 0 Å². The molecule has 1 unspecified atom stereocenters. The molecule has 0 fully saturated rings. The summed E-state index contributed by atoms with van der Waals surface area (Å²) >= 11 is 0. The Morgan fingerprint density at radius 1 is 0.972 bits per heavy atom. The lowest BCUT2D eigenvalue weighted by molar-refractivity contribution is 0.309. The molecule has 2 heterocycles. The maximum absolute atomic E-state index is 13.6. The second kappa shape index (κ2) is 11.3. The van der Waals surface area contributed by atoms with Crippen LogP contribution in [0.15, 0.2) is 70.5 Å². The average molecular weight is 510 g/mol. The van der Waals surface area contributed by atoms with Gasteiger partial charge in [-0.2, -0.15) is 0 Å². The van der Waals surface area contributed by atoms with Crippen molar-refractivity contribution in [2.75, 3.05) is 39.9 Å². The molecule has 188 valence electrons. The van der Waals surface area contributed by atoms with E-state index in [4.69, 9.17) is 18.9 Å². The topological polar surface area (TPSA) is 92.0 Å². The van der Waals surface area contributed by atoms with Crippen LogP contribution in [0, 0.1) is 0 Å². The number of pyridine rings is 2. The second-order valence-electron chi connectivity index (χ2n) is 7.98. The maximum atomic E-state index is 13.6. The van der Waals surface area contributed by atoms with Gasteiger partial charge in [-0.3, -0.25) is 9.36 Å². The van der Waals surface area contributed by atoms with Gasteiger partial charge in [0.05, 0.1) is 33.3 Å². The van der Waals surface area contributed by atoms with Crippen molar-refractivity contribution >= 4 is 21.9 Å². The number of fused-ring (bicyclic) bond motifs is 1. The highest BCUT2D eigenvalue weighted by Gasteiger charge is 2.29. The molecule has 0 aliphatic carbocycles. The summed E-state index contributed by atoms with van der Waals surface area (Å²) in [6.07, 6.45) is 3.56. The van der Waals surface area contributed by atoms with Gasteiger partial charge < -0.3 is 24.1 Å². The number of methoxy groups -OCH3 is 3. The molecule has 0 aliphatic heterocycles. The van der Waals surface area contributed by atoms with E-state index in [0.717, 1.165) is 5.56 Å². The minimum absolute atomic E-state index is 0.0222. The highest BCUT2D eigenvalue weighted by Crippen LogP contribution is 2.40. The molecule has 9 heteroatoms. The van der Waals surface area contributed by atoms with Crippen LogP contribution in [-0.2, 0) is 17.4 Å². The van der Waals surface area contributed by atoms with E-state index in [-0.39, 0.29) is 11.3 Å². The van der Waals surface area contributed by atoms with Crippen LogP contribution >= 0.6 is 0 Å². The van der Waals surface area contributed by atoms with E-state index in [0.29, 0.717) is 57.8 Å². The van der Waals surface area contributed by atoms with E-state index in [2.05, 4.69) is 4.98 Å². The van der Waals surface area contributed by atoms with Gasteiger partial charge in [0.2, 0.25) is 5.75 Å². The number of ether oxygens (including phenoxy) is 4. The SMILES string of the molecule is COc1cc(OCC[S+](C)c2c(O)c3cccnc3n(Cc3ccccc3)c2=O)cc(OC)c1OC. The largest absolute Gasteiger partial charge is 0.503 e. The van der Waals surface area contributed by atoms with Crippen LogP contribution in [0.2, 0.25) is 0 Å². The molecular formula is C27H29N2O6S+. The van der Waals surface area contributed by atoms with Crippen LogP contribution in [0.25, 0.3) is 11.0 Å². The molecule has 0 radical (unpaired) electrons. The van der Waals surface area contributed by atoms with Crippen molar-refractivity contribution in [2.45, 2.75) is 11.4 Å². The lowest BCUT2D eigenvalue weighted by Gasteiger charge is -2.15. The predicted molar refractivity (Wildman–Crippen MR) is 141 cm³/mol. The molecule has 8 nitrogen and oxygen atoms in total. The number of aromatic nitrogens is 2. The fourth-order valence-corrected chi connectivity index (χ4v) is 5.38. The Labute approximate surface area is 212 Å². The molecule has 4 rings (SSSR count). The Kier molecular flexibility index (Phi) is 7.90. The van der Waals surface area contributed by atoms with Crippen molar-refractivity contribution in [3.8, 4) is 28.7 Å². The molecule has 0 spiro atoms. The maximum Gasteiger partial charge on any atom is 0.311 e. The van der Waals surface area contributed by atoms with Crippen LogP contribution in [0.1, 0.15) is 5.56 Å². The first-order valence-electron chi connectivity index (χ1n) is 11.3. The summed E-state index contributed by atoms with van der Waals surface area (Å²) in [4.78, 5) is 18.4. The van der Waals surface area contributed by atoms with Gasteiger partial charge in [0.25, 0.3) is 4.90 Å². The van der Waals surface area contributed by atoms with Crippen molar-refractivity contribution < 1.29 is 24.1 Å². The molecule has 1 N–H and O–H groups in total. The Balaban J connectivity index is 1.61. The summed E-state index contributed by atoms with van der Waals surface area (Å²) in [5, 5.41) is 11.6. The van der Waals surface area contributed by atoms with E-state index in [1.807, 2.05) is 36.6 Å². The van der Waals surface area contributed by atoms with Gasteiger partial charge in [-0.15, -0.1) is 0 Å². The van der Waals surface area contributed by atoms with Gasteiger partial charge >= 0.3 is 5.56 Å². The highest BCUT2D eigenvalue weighted by molar-refractivity contribution is 7.96. The molecule has 36 heavy (non-hydrogen) atoms. The summed E-state index contributed by atoms with van der Waals surface area (Å²) in [5.74, 6) is 2.52. The monoisotopic (exact) mass is 509 g/mol. The molecule has 0 saturated carbocycles. The first kappa shape index (κ1) is 25.2. The number of nitrogens with zero attached hydrogens (tertiary/aromatic N) is 2. The quantitative estimate of drug-likeness (QED) is 0.325. The zero-order valence-electron chi connectivity index (χ0n) is 20.7. The molecule has 1 atom stereocenters. The smallest absolute Gasteiger partial charge is 0.311 e. The van der Waals surface area contributed by atoms with Crippen LogP contribution in [0.4, 0.5) is 0 Å². The van der Waals surface area contributed by atoms with E-state index in [1.54, 1.807) is 56.4 Å². The zero-order chi connectivity index (χ0) is 25.7. The van der Waals surface area contributed by atoms with Gasteiger partial charge in [0.1, 0.15) is 30.0 Å². The summed E-state index contributed by atoms with van der Waals surface area (Å²) in [6, 6.07) is 16.7. The summed E-state index contributed by atoms with van der Waals surface area (Å²) in [5.41, 5.74) is 1.18. The van der Waals surface area contributed by atoms with Gasteiger partial charge in [0, 0.05) is 29.2 Å². The summed E-state index contributed by atoms with van der Waals surface area (Å²) in [7, 11) is 4.03. The van der Waals surface area contributed by atoms with E-state index < -0.39 is 10.9 Å². The van der Waals surface area contributed by atoms with E-state index in [9.17, 15) is 9.90 Å². The number of hydrogen-bond acceptors (Lipinski definition) is 7. The third-order valence-electron chi connectivity index (χ3n) is 5.78. The molecule has 2 aromatic heterocycles. The molecule has 0 aliphatic rings. The Morgan fingerprint density at radius 3 is 2.31 bits per heavy atom. The summed E-state index contributed by atoms with van der Waals surface area (Å²) < 4.78 is 23.7. The van der Waals surface area contributed by atoms with Crippen molar-refractivity contribution in [2.24, 2.45) is 0 Å². The van der Waals surface area contributed by atoms with Gasteiger partial charge in [-0.05, 0) is 17.7 Å². The first-order chi connectivity index (χ1) is 17.5. The van der Waals surface area contributed by atoms with Crippen LogP contribution < -0.4 is 24.5 Å². The van der Waals surface area contributed by atoms with Crippen LogP contribution in [0.3, 0.4) is 0 Å². The van der Waals surface area contributed by atoms with Crippen LogP contribution in [0.5, 0.6) is 28.7 Å².